The second-order valence-electron chi connectivity index (χ2n) is 5.31. The van der Waals surface area contributed by atoms with Crippen molar-refractivity contribution in [2.45, 2.75) is 39.5 Å². The topological polar surface area (TPSA) is 24.7 Å². The molecule has 0 aromatic heterocycles. The molecule has 0 saturated carbocycles. The van der Waals surface area contributed by atoms with Crippen LogP contribution in [0.3, 0.4) is 0 Å². The van der Waals surface area contributed by atoms with Gasteiger partial charge >= 0.3 is 0 Å². The van der Waals surface area contributed by atoms with Gasteiger partial charge in [-0.25, -0.2) is 0 Å². The first kappa shape index (κ1) is 16.2. The summed E-state index contributed by atoms with van der Waals surface area (Å²) < 4.78 is 0. The fourth-order valence-corrected chi connectivity index (χ4v) is 2.46. The Hall–Kier alpha value is -2.22. The van der Waals surface area contributed by atoms with Crippen molar-refractivity contribution in [2.75, 3.05) is 0 Å². The molecule has 0 atom stereocenters. The van der Waals surface area contributed by atoms with Crippen molar-refractivity contribution in [2.24, 2.45) is 9.98 Å². The minimum Gasteiger partial charge on any atom is -0.255 e. The maximum atomic E-state index is 4.54. The normalized spacial score (nSPS) is 11.5. The van der Waals surface area contributed by atoms with Crippen molar-refractivity contribution in [1.29, 1.82) is 0 Å². The highest BCUT2D eigenvalue weighted by molar-refractivity contribution is 6.17. The second kappa shape index (κ2) is 8.93. The molecule has 2 nitrogen and oxygen atoms in total. The Morgan fingerprint density at radius 1 is 0.682 bits per heavy atom. The molecule has 0 saturated heterocycles. The van der Waals surface area contributed by atoms with Crippen LogP contribution in [0, 0.1) is 0 Å². The zero-order valence-corrected chi connectivity index (χ0v) is 13.5. The Balaban J connectivity index is 2.09. The second-order valence-corrected chi connectivity index (χ2v) is 5.31. The average molecular weight is 292 g/mol. The summed E-state index contributed by atoms with van der Waals surface area (Å²) in [6.45, 7) is 4.37. The van der Waals surface area contributed by atoms with Crippen molar-refractivity contribution in [1.82, 2.24) is 0 Å². The Kier molecular flexibility index (Phi) is 6.56. The first-order valence-electron chi connectivity index (χ1n) is 8.07. The van der Waals surface area contributed by atoms with Crippen LogP contribution < -0.4 is 0 Å². The number of hydrogen-bond donors (Lipinski definition) is 0. The zero-order valence-electron chi connectivity index (χ0n) is 13.5. The monoisotopic (exact) mass is 292 g/mol. The molecule has 0 aliphatic rings. The van der Waals surface area contributed by atoms with E-state index in [9.17, 15) is 0 Å². The molecule has 0 radical (unpaired) electrons. The molecule has 2 aromatic rings. The highest BCUT2D eigenvalue weighted by Gasteiger charge is 1.98. The molecule has 0 aliphatic heterocycles. The first-order chi connectivity index (χ1) is 10.8. The molecular weight excluding hydrogens is 268 g/mol. The van der Waals surface area contributed by atoms with Gasteiger partial charge in [-0.15, -0.1) is 0 Å². The molecule has 0 spiro atoms. The lowest BCUT2D eigenvalue weighted by Gasteiger charge is -2.03. The summed E-state index contributed by atoms with van der Waals surface area (Å²) in [6, 6.07) is 16.6. The SMILES string of the molecule is CCCc1ccccc1N=CC=Nc1ccccc1CCC. The lowest BCUT2D eigenvalue weighted by Crippen LogP contribution is -1.86. The van der Waals surface area contributed by atoms with E-state index in [0.717, 1.165) is 37.1 Å². The van der Waals surface area contributed by atoms with Crippen LogP contribution in [-0.4, -0.2) is 12.4 Å². The summed E-state index contributed by atoms with van der Waals surface area (Å²) in [5.74, 6) is 0. The summed E-state index contributed by atoms with van der Waals surface area (Å²) in [5, 5.41) is 0. The third-order valence-corrected chi connectivity index (χ3v) is 3.52. The van der Waals surface area contributed by atoms with E-state index < -0.39 is 0 Å². The van der Waals surface area contributed by atoms with E-state index in [1.807, 2.05) is 12.1 Å². The Labute approximate surface area is 133 Å². The lowest BCUT2D eigenvalue weighted by atomic mass is 10.1. The van der Waals surface area contributed by atoms with Crippen LogP contribution in [0.2, 0.25) is 0 Å². The molecule has 2 rings (SSSR count). The van der Waals surface area contributed by atoms with Gasteiger partial charge in [0, 0.05) is 12.4 Å². The van der Waals surface area contributed by atoms with Gasteiger partial charge < -0.3 is 0 Å². The van der Waals surface area contributed by atoms with Gasteiger partial charge in [0.1, 0.15) is 0 Å². The highest BCUT2D eigenvalue weighted by Crippen LogP contribution is 2.21. The summed E-state index contributed by atoms with van der Waals surface area (Å²) in [7, 11) is 0. The van der Waals surface area contributed by atoms with Crippen molar-refractivity contribution in [3.63, 3.8) is 0 Å². The van der Waals surface area contributed by atoms with Gasteiger partial charge in [0.25, 0.3) is 0 Å². The molecular formula is C20H24N2. The molecule has 22 heavy (non-hydrogen) atoms. The predicted molar refractivity (Wildman–Crippen MR) is 97.2 cm³/mol. The van der Waals surface area contributed by atoms with Crippen LogP contribution in [0.4, 0.5) is 11.4 Å². The molecule has 0 aliphatic carbocycles. The number of nitrogens with zero attached hydrogens (tertiary/aromatic N) is 2. The van der Waals surface area contributed by atoms with Gasteiger partial charge in [-0.05, 0) is 36.1 Å². The summed E-state index contributed by atoms with van der Waals surface area (Å²) in [4.78, 5) is 9.08. The molecule has 0 unspecified atom stereocenters. The number of benzene rings is 2. The largest absolute Gasteiger partial charge is 0.255 e. The van der Waals surface area contributed by atoms with Crippen LogP contribution in [0.15, 0.2) is 58.5 Å². The van der Waals surface area contributed by atoms with E-state index in [1.165, 1.54) is 11.1 Å². The Bertz CT molecular complexity index is 584. The van der Waals surface area contributed by atoms with Gasteiger partial charge in [-0.2, -0.15) is 0 Å². The molecule has 114 valence electrons. The third kappa shape index (κ3) is 4.66. The fraction of sp³-hybridized carbons (Fsp3) is 0.300. The average Bonchev–Trinajstić information content (AvgIpc) is 2.55. The maximum Gasteiger partial charge on any atom is 0.0662 e. The molecule has 0 fully saturated rings. The number of para-hydroxylation sites is 2. The number of aryl methyl sites for hydroxylation is 2. The van der Waals surface area contributed by atoms with Crippen LogP contribution in [0.1, 0.15) is 37.8 Å². The Morgan fingerprint density at radius 3 is 1.50 bits per heavy atom. The Morgan fingerprint density at radius 2 is 1.09 bits per heavy atom. The van der Waals surface area contributed by atoms with Crippen molar-refractivity contribution in [3.05, 3.63) is 59.7 Å². The third-order valence-electron chi connectivity index (χ3n) is 3.52. The number of rotatable bonds is 7. The summed E-state index contributed by atoms with van der Waals surface area (Å²) >= 11 is 0. The number of aliphatic imine (C=N–C) groups is 2. The minimum absolute atomic E-state index is 1.04. The van der Waals surface area contributed by atoms with Crippen molar-refractivity contribution >= 4 is 23.8 Å². The van der Waals surface area contributed by atoms with Crippen molar-refractivity contribution < 1.29 is 0 Å². The molecule has 0 heterocycles. The van der Waals surface area contributed by atoms with Crippen molar-refractivity contribution in [3.8, 4) is 0 Å². The molecule has 0 amide bonds. The van der Waals surface area contributed by atoms with Crippen LogP contribution in [0.25, 0.3) is 0 Å². The van der Waals surface area contributed by atoms with E-state index in [1.54, 1.807) is 12.4 Å². The van der Waals surface area contributed by atoms with Gasteiger partial charge in [0.15, 0.2) is 0 Å². The van der Waals surface area contributed by atoms with Gasteiger partial charge in [0.2, 0.25) is 0 Å². The van der Waals surface area contributed by atoms with Gasteiger partial charge in [-0.1, -0.05) is 63.1 Å². The summed E-state index contributed by atoms with van der Waals surface area (Å²) in [6.07, 6.45) is 7.96. The lowest BCUT2D eigenvalue weighted by molar-refractivity contribution is 0.921. The zero-order chi connectivity index (χ0) is 15.6. The minimum atomic E-state index is 1.04. The van der Waals surface area contributed by atoms with Gasteiger partial charge in [-0.3, -0.25) is 9.98 Å². The van der Waals surface area contributed by atoms with E-state index in [2.05, 4.69) is 60.2 Å². The standard InChI is InChI=1S/C20H24N2/c1-3-9-17-11-5-7-13-19(17)21-15-16-22-20-14-8-6-12-18(20)10-4-2/h5-8,11-16H,3-4,9-10H2,1-2H3. The van der Waals surface area contributed by atoms with Crippen LogP contribution >= 0.6 is 0 Å². The predicted octanol–water partition coefficient (Wildman–Crippen LogP) is 5.70. The fourth-order valence-electron chi connectivity index (χ4n) is 2.46. The van der Waals surface area contributed by atoms with Crippen LogP contribution in [0.5, 0.6) is 0 Å². The quantitative estimate of drug-likeness (QED) is 0.585. The first-order valence-corrected chi connectivity index (χ1v) is 8.07. The van der Waals surface area contributed by atoms with Crippen LogP contribution in [-0.2, 0) is 12.8 Å². The highest BCUT2D eigenvalue weighted by atomic mass is 14.8. The summed E-state index contributed by atoms with van der Waals surface area (Å²) in [5.41, 5.74) is 4.66. The van der Waals surface area contributed by atoms with E-state index in [0.29, 0.717) is 0 Å². The van der Waals surface area contributed by atoms with E-state index >= 15 is 0 Å². The number of hydrogen-bond acceptors (Lipinski definition) is 2. The molecule has 0 N–H and O–H groups in total. The van der Waals surface area contributed by atoms with E-state index in [-0.39, 0.29) is 0 Å². The molecule has 2 heteroatoms. The molecule has 0 bridgehead atoms. The van der Waals surface area contributed by atoms with Gasteiger partial charge in [0.05, 0.1) is 11.4 Å². The smallest absolute Gasteiger partial charge is 0.0662 e. The maximum absolute atomic E-state index is 4.54. The molecule has 2 aromatic carbocycles. The van der Waals surface area contributed by atoms with E-state index in [4.69, 9.17) is 0 Å².